The SMILES string of the molecule is Cc1cc(C)c(C)c(S(=O)(=O)NC(C)c2cnn(C)c2C)c1C. The lowest BCUT2D eigenvalue weighted by Gasteiger charge is -2.19. The van der Waals surface area contributed by atoms with Crippen molar-refractivity contribution in [1.82, 2.24) is 14.5 Å². The van der Waals surface area contributed by atoms with E-state index in [9.17, 15) is 8.42 Å². The fourth-order valence-corrected chi connectivity index (χ4v) is 4.72. The molecule has 0 fully saturated rings. The molecule has 0 aliphatic carbocycles. The third-order valence-electron chi connectivity index (χ3n) is 4.64. The van der Waals surface area contributed by atoms with Gasteiger partial charge in [0.1, 0.15) is 0 Å². The van der Waals surface area contributed by atoms with Crippen molar-refractivity contribution in [2.45, 2.75) is 52.5 Å². The van der Waals surface area contributed by atoms with Gasteiger partial charge < -0.3 is 0 Å². The molecule has 1 aromatic heterocycles. The van der Waals surface area contributed by atoms with Crippen molar-refractivity contribution in [1.29, 1.82) is 0 Å². The molecule has 0 radical (unpaired) electrons. The number of hydrogen-bond donors (Lipinski definition) is 1. The van der Waals surface area contributed by atoms with Crippen molar-refractivity contribution in [3.05, 3.63) is 45.8 Å². The van der Waals surface area contributed by atoms with Gasteiger partial charge in [-0.1, -0.05) is 6.07 Å². The molecule has 0 spiro atoms. The first-order valence-electron chi connectivity index (χ1n) is 7.64. The summed E-state index contributed by atoms with van der Waals surface area (Å²) in [6.45, 7) is 11.4. The van der Waals surface area contributed by atoms with Gasteiger partial charge >= 0.3 is 0 Å². The molecule has 0 saturated carbocycles. The van der Waals surface area contributed by atoms with Gasteiger partial charge in [0.15, 0.2) is 0 Å². The fraction of sp³-hybridized carbons (Fsp3) is 0.471. The Bertz CT molecular complexity index is 825. The molecule has 0 amide bonds. The van der Waals surface area contributed by atoms with Crippen LogP contribution in [0, 0.1) is 34.6 Å². The Kier molecular flexibility index (Phi) is 4.69. The molecule has 6 heteroatoms. The minimum atomic E-state index is -3.61. The zero-order chi connectivity index (χ0) is 17.5. The van der Waals surface area contributed by atoms with E-state index in [-0.39, 0.29) is 6.04 Å². The predicted octanol–water partition coefficient (Wildman–Crippen LogP) is 3.00. The molecular weight excluding hydrogens is 310 g/mol. The summed E-state index contributed by atoms with van der Waals surface area (Å²) in [6, 6.07) is 1.69. The van der Waals surface area contributed by atoms with E-state index in [2.05, 4.69) is 9.82 Å². The maximum Gasteiger partial charge on any atom is 0.241 e. The Hall–Kier alpha value is -1.66. The van der Waals surface area contributed by atoms with Crippen LogP contribution < -0.4 is 4.72 Å². The standard InChI is InChI=1S/C17H25N3O2S/c1-10-8-11(2)13(4)17(12(10)3)23(21,22)19-14(5)16-9-18-20(7)15(16)6/h8-9,14,19H,1-7H3. The summed E-state index contributed by atoms with van der Waals surface area (Å²) in [4.78, 5) is 0.392. The number of aromatic nitrogens is 2. The molecule has 0 saturated heterocycles. The molecule has 1 unspecified atom stereocenters. The van der Waals surface area contributed by atoms with E-state index in [0.717, 1.165) is 33.5 Å². The molecular formula is C17H25N3O2S. The van der Waals surface area contributed by atoms with Gasteiger partial charge in [0, 0.05) is 24.3 Å². The minimum Gasteiger partial charge on any atom is -0.273 e. The molecule has 23 heavy (non-hydrogen) atoms. The average Bonchev–Trinajstić information content (AvgIpc) is 2.76. The lowest BCUT2D eigenvalue weighted by atomic mass is 10.0. The predicted molar refractivity (Wildman–Crippen MR) is 92.1 cm³/mol. The summed E-state index contributed by atoms with van der Waals surface area (Å²) < 4.78 is 30.4. The van der Waals surface area contributed by atoms with Crippen molar-refractivity contribution in [3.63, 3.8) is 0 Å². The first-order valence-corrected chi connectivity index (χ1v) is 9.12. The summed E-state index contributed by atoms with van der Waals surface area (Å²) in [7, 11) is -1.76. The molecule has 0 aliphatic heterocycles. The molecule has 5 nitrogen and oxygen atoms in total. The topological polar surface area (TPSA) is 64.0 Å². The van der Waals surface area contributed by atoms with Crippen LogP contribution in [0.2, 0.25) is 0 Å². The third kappa shape index (κ3) is 3.19. The monoisotopic (exact) mass is 335 g/mol. The van der Waals surface area contributed by atoms with E-state index in [1.54, 1.807) is 10.9 Å². The Balaban J connectivity index is 2.46. The molecule has 0 bridgehead atoms. The van der Waals surface area contributed by atoms with Crippen LogP contribution in [0.15, 0.2) is 17.2 Å². The average molecular weight is 335 g/mol. The van der Waals surface area contributed by atoms with Gasteiger partial charge in [-0.3, -0.25) is 4.68 Å². The minimum absolute atomic E-state index is 0.340. The number of hydrogen-bond acceptors (Lipinski definition) is 3. The summed E-state index contributed by atoms with van der Waals surface area (Å²) in [5.74, 6) is 0. The molecule has 2 rings (SSSR count). The van der Waals surface area contributed by atoms with Crippen LogP contribution in [0.25, 0.3) is 0 Å². The van der Waals surface area contributed by atoms with Crippen LogP contribution in [0.1, 0.15) is 46.5 Å². The summed E-state index contributed by atoms with van der Waals surface area (Å²) >= 11 is 0. The van der Waals surface area contributed by atoms with Crippen LogP contribution in [0.3, 0.4) is 0 Å². The molecule has 126 valence electrons. The molecule has 1 heterocycles. The highest BCUT2D eigenvalue weighted by molar-refractivity contribution is 7.89. The van der Waals surface area contributed by atoms with Crippen molar-refractivity contribution in [2.75, 3.05) is 0 Å². The second kappa shape index (κ2) is 6.09. The van der Waals surface area contributed by atoms with Crippen LogP contribution >= 0.6 is 0 Å². The van der Waals surface area contributed by atoms with Gasteiger partial charge in [-0.2, -0.15) is 5.10 Å². The van der Waals surface area contributed by atoms with Crippen molar-refractivity contribution >= 4 is 10.0 Å². The van der Waals surface area contributed by atoms with E-state index < -0.39 is 10.0 Å². The third-order valence-corrected chi connectivity index (χ3v) is 6.45. The molecule has 1 atom stereocenters. The van der Waals surface area contributed by atoms with Crippen LogP contribution in [0.4, 0.5) is 0 Å². The number of aryl methyl sites for hydroxylation is 3. The largest absolute Gasteiger partial charge is 0.273 e. The first-order chi connectivity index (χ1) is 10.6. The lowest BCUT2D eigenvalue weighted by molar-refractivity contribution is 0.564. The Morgan fingerprint density at radius 2 is 1.61 bits per heavy atom. The summed E-state index contributed by atoms with van der Waals surface area (Å²) in [6.07, 6.45) is 1.71. The van der Waals surface area contributed by atoms with E-state index in [4.69, 9.17) is 0 Å². The Labute approximate surface area is 138 Å². The Morgan fingerprint density at radius 1 is 1.09 bits per heavy atom. The van der Waals surface area contributed by atoms with E-state index in [1.165, 1.54) is 0 Å². The van der Waals surface area contributed by atoms with Crippen LogP contribution in [0.5, 0.6) is 0 Å². The normalized spacial score (nSPS) is 13.3. The second-order valence-electron chi connectivity index (χ2n) is 6.24. The Morgan fingerprint density at radius 3 is 2.04 bits per heavy atom. The van der Waals surface area contributed by atoms with Gasteiger partial charge in [-0.15, -0.1) is 0 Å². The number of benzene rings is 1. The zero-order valence-corrected chi connectivity index (χ0v) is 15.7. The smallest absolute Gasteiger partial charge is 0.241 e. The molecule has 2 aromatic rings. The van der Waals surface area contributed by atoms with E-state index >= 15 is 0 Å². The number of rotatable bonds is 4. The highest BCUT2D eigenvalue weighted by Crippen LogP contribution is 2.27. The second-order valence-corrected chi connectivity index (χ2v) is 7.89. The van der Waals surface area contributed by atoms with E-state index in [1.807, 2.05) is 54.7 Å². The first kappa shape index (κ1) is 17.7. The number of nitrogens with one attached hydrogen (secondary N) is 1. The number of nitrogens with zero attached hydrogens (tertiary/aromatic N) is 2. The molecule has 1 N–H and O–H groups in total. The number of sulfonamides is 1. The van der Waals surface area contributed by atoms with E-state index in [0.29, 0.717) is 4.90 Å². The maximum atomic E-state index is 12.9. The zero-order valence-electron chi connectivity index (χ0n) is 14.9. The summed E-state index contributed by atoms with van der Waals surface area (Å²) in [5.41, 5.74) is 5.41. The van der Waals surface area contributed by atoms with Crippen molar-refractivity contribution in [2.24, 2.45) is 7.05 Å². The van der Waals surface area contributed by atoms with Crippen LogP contribution in [-0.4, -0.2) is 18.2 Å². The van der Waals surface area contributed by atoms with Crippen molar-refractivity contribution < 1.29 is 8.42 Å². The maximum absolute atomic E-state index is 12.9. The van der Waals surface area contributed by atoms with Gasteiger partial charge in [-0.05, 0) is 63.8 Å². The van der Waals surface area contributed by atoms with Gasteiger partial charge in [-0.25, -0.2) is 13.1 Å². The lowest BCUT2D eigenvalue weighted by Crippen LogP contribution is -2.28. The molecule has 0 aliphatic rings. The highest BCUT2D eigenvalue weighted by atomic mass is 32.2. The summed E-state index contributed by atoms with van der Waals surface area (Å²) in [5, 5.41) is 4.19. The quantitative estimate of drug-likeness (QED) is 0.934. The fourth-order valence-electron chi connectivity index (χ4n) is 2.88. The van der Waals surface area contributed by atoms with Crippen molar-refractivity contribution in [3.8, 4) is 0 Å². The van der Waals surface area contributed by atoms with Gasteiger partial charge in [0.05, 0.1) is 11.1 Å². The molecule has 1 aromatic carbocycles. The van der Waals surface area contributed by atoms with Crippen LogP contribution in [-0.2, 0) is 17.1 Å². The van der Waals surface area contributed by atoms with Gasteiger partial charge in [0.25, 0.3) is 0 Å². The highest BCUT2D eigenvalue weighted by Gasteiger charge is 2.25. The van der Waals surface area contributed by atoms with Gasteiger partial charge in [0.2, 0.25) is 10.0 Å².